The third-order valence-electron chi connectivity index (χ3n) is 4.43. The number of hydrogen-bond donors (Lipinski definition) is 3. The van der Waals surface area contributed by atoms with Crippen molar-refractivity contribution in [2.45, 2.75) is 33.6 Å². The highest BCUT2D eigenvalue weighted by atomic mass is 16.4. The highest BCUT2D eigenvalue weighted by molar-refractivity contribution is 5.92. The lowest BCUT2D eigenvalue weighted by atomic mass is 9.92. The number of aromatic carboxylic acids is 1. The van der Waals surface area contributed by atoms with Crippen molar-refractivity contribution in [3.63, 3.8) is 0 Å². The van der Waals surface area contributed by atoms with Crippen molar-refractivity contribution < 1.29 is 14.7 Å². The number of carboxylic acid groups (broad SMARTS) is 1. The number of carbonyl (C=O) groups is 2. The lowest BCUT2D eigenvalue weighted by Crippen LogP contribution is -2.35. The largest absolute Gasteiger partial charge is 0.478 e. The molecule has 21 heavy (non-hydrogen) atoms. The van der Waals surface area contributed by atoms with E-state index in [4.69, 9.17) is 5.11 Å². The first-order valence-corrected chi connectivity index (χ1v) is 7.23. The third-order valence-corrected chi connectivity index (χ3v) is 4.43. The van der Waals surface area contributed by atoms with Crippen LogP contribution in [0, 0.1) is 18.3 Å². The van der Waals surface area contributed by atoms with Crippen LogP contribution in [0.5, 0.6) is 0 Å². The summed E-state index contributed by atoms with van der Waals surface area (Å²) in [7, 11) is 0. The predicted octanol–water partition coefficient (Wildman–Crippen LogP) is 3.25. The second-order valence-electron chi connectivity index (χ2n) is 6.16. The normalized spacial score (nSPS) is 15.6. The summed E-state index contributed by atoms with van der Waals surface area (Å²) in [4.78, 5) is 22.8. The van der Waals surface area contributed by atoms with Gasteiger partial charge < -0.3 is 15.7 Å². The molecule has 0 heterocycles. The van der Waals surface area contributed by atoms with Gasteiger partial charge in [0.1, 0.15) is 0 Å². The van der Waals surface area contributed by atoms with Crippen LogP contribution in [0.15, 0.2) is 18.2 Å². The fourth-order valence-corrected chi connectivity index (χ4v) is 2.53. The minimum absolute atomic E-state index is 0.246. The predicted molar refractivity (Wildman–Crippen MR) is 81.7 cm³/mol. The van der Waals surface area contributed by atoms with Crippen molar-refractivity contribution in [2.24, 2.45) is 11.3 Å². The molecule has 114 valence electrons. The number of amides is 2. The Kier molecular flexibility index (Phi) is 4.21. The number of hydrogen-bond acceptors (Lipinski definition) is 2. The fourth-order valence-electron chi connectivity index (χ4n) is 2.53. The van der Waals surface area contributed by atoms with Gasteiger partial charge >= 0.3 is 12.0 Å². The Labute approximate surface area is 124 Å². The number of carboxylic acids is 1. The number of aryl methyl sites for hydroxylation is 1. The van der Waals surface area contributed by atoms with E-state index in [1.165, 1.54) is 6.07 Å². The summed E-state index contributed by atoms with van der Waals surface area (Å²) in [6, 6.07) is 4.53. The van der Waals surface area contributed by atoms with Gasteiger partial charge in [-0.2, -0.15) is 0 Å². The maximum Gasteiger partial charge on any atom is 0.335 e. The van der Waals surface area contributed by atoms with Gasteiger partial charge in [-0.05, 0) is 54.9 Å². The first kappa shape index (κ1) is 15.4. The van der Waals surface area contributed by atoms with Crippen molar-refractivity contribution >= 4 is 17.7 Å². The Morgan fingerprint density at radius 2 is 2.00 bits per heavy atom. The van der Waals surface area contributed by atoms with Crippen LogP contribution in [0.2, 0.25) is 0 Å². The van der Waals surface area contributed by atoms with E-state index in [2.05, 4.69) is 24.5 Å². The van der Waals surface area contributed by atoms with Crippen molar-refractivity contribution in [1.29, 1.82) is 0 Å². The number of urea groups is 1. The maximum atomic E-state index is 11.9. The minimum Gasteiger partial charge on any atom is -0.478 e. The topological polar surface area (TPSA) is 78.4 Å². The molecule has 1 aromatic carbocycles. The van der Waals surface area contributed by atoms with Crippen molar-refractivity contribution in [1.82, 2.24) is 5.32 Å². The van der Waals surface area contributed by atoms with Crippen molar-refractivity contribution in [3.05, 3.63) is 29.3 Å². The minimum atomic E-state index is -0.962. The van der Waals surface area contributed by atoms with E-state index in [1.807, 2.05) is 0 Å². The van der Waals surface area contributed by atoms with Crippen LogP contribution in [0.25, 0.3) is 0 Å². The van der Waals surface area contributed by atoms with Gasteiger partial charge in [-0.1, -0.05) is 13.8 Å². The molecule has 2 rings (SSSR count). The number of rotatable bonds is 5. The summed E-state index contributed by atoms with van der Waals surface area (Å²) in [6.07, 6.45) is 2.33. The Balaban J connectivity index is 1.91. The van der Waals surface area contributed by atoms with Gasteiger partial charge in [0, 0.05) is 12.2 Å². The smallest absolute Gasteiger partial charge is 0.335 e. The standard InChI is InChI=1S/C16H22N2O3/c1-10(2)16(6-7-16)9-17-15(21)18-12-4-5-13(14(19)20)11(3)8-12/h4-5,8,10H,6-7,9H2,1-3H3,(H,19,20)(H2,17,18,21). The van der Waals surface area contributed by atoms with Crippen LogP contribution >= 0.6 is 0 Å². The Hall–Kier alpha value is -2.04. The molecule has 0 saturated heterocycles. The summed E-state index contributed by atoms with van der Waals surface area (Å²) in [5.41, 5.74) is 1.74. The summed E-state index contributed by atoms with van der Waals surface area (Å²) < 4.78 is 0. The van der Waals surface area contributed by atoms with E-state index in [1.54, 1.807) is 19.1 Å². The molecule has 5 nitrogen and oxygen atoms in total. The molecule has 1 saturated carbocycles. The molecule has 0 aliphatic heterocycles. The Bertz CT molecular complexity index is 563. The molecule has 0 atom stereocenters. The van der Waals surface area contributed by atoms with E-state index < -0.39 is 5.97 Å². The average molecular weight is 290 g/mol. The van der Waals surface area contributed by atoms with E-state index in [0.717, 1.165) is 12.8 Å². The van der Waals surface area contributed by atoms with Crippen LogP contribution in [-0.4, -0.2) is 23.7 Å². The second-order valence-corrected chi connectivity index (χ2v) is 6.16. The molecule has 1 aliphatic rings. The molecule has 1 aromatic rings. The summed E-state index contributed by atoms with van der Waals surface area (Å²) in [5, 5.41) is 14.6. The Morgan fingerprint density at radius 1 is 1.33 bits per heavy atom. The zero-order valence-corrected chi connectivity index (χ0v) is 12.7. The van der Waals surface area contributed by atoms with E-state index in [0.29, 0.717) is 23.7 Å². The highest BCUT2D eigenvalue weighted by Gasteiger charge is 2.45. The third kappa shape index (κ3) is 3.54. The number of anilines is 1. The first-order valence-electron chi connectivity index (χ1n) is 7.23. The lowest BCUT2D eigenvalue weighted by Gasteiger charge is -2.20. The van der Waals surface area contributed by atoms with Crippen LogP contribution in [0.4, 0.5) is 10.5 Å². The van der Waals surface area contributed by atoms with Crippen LogP contribution < -0.4 is 10.6 Å². The van der Waals surface area contributed by atoms with E-state index >= 15 is 0 Å². The molecular weight excluding hydrogens is 268 g/mol. The molecule has 0 spiro atoms. The molecule has 0 radical (unpaired) electrons. The van der Waals surface area contributed by atoms with Crippen LogP contribution in [0.3, 0.4) is 0 Å². The van der Waals surface area contributed by atoms with Gasteiger partial charge in [0.2, 0.25) is 0 Å². The van der Waals surface area contributed by atoms with Gasteiger partial charge in [0.05, 0.1) is 5.56 Å². The lowest BCUT2D eigenvalue weighted by molar-refractivity contribution is 0.0696. The molecule has 0 aromatic heterocycles. The molecule has 0 bridgehead atoms. The van der Waals surface area contributed by atoms with Crippen LogP contribution in [-0.2, 0) is 0 Å². The van der Waals surface area contributed by atoms with E-state index in [9.17, 15) is 9.59 Å². The quantitative estimate of drug-likeness (QED) is 0.779. The first-order chi connectivity index (χ1) is 9.84. The van der Waals surface area contributed by atoms with Crippen LogP contribution in [0.1, 0.15) is 42.6 Å². The zero-order valence-electron chi connectivity index (χ0n) is 12.7. The zero-order chi connectivity index (χ0) is 15.6. The molecular formula is C16H22N2O3. The fraction of sp³-hybridized carbons (Fsp3) is 0.500. The monoisotopic (exact) mass is 290 g/mol. The van der Waals surface area contributed by atoms with Gasteiger partial charge in [-0.25, -0.2) is 9.59 Å². The number of carbonyl (C=O) groups excluding carboxylic acids is 1. The highest BCUT2D eigenvalue weighted by Crippen LogP contribution is 2.51. The molecule has 1 aliphatic carbocycles. The summed E-state index contributed by atoms with van der Waals surface area (Å²) in [6.45, 7) is 6.76. The molecule has 1 fully saturated rings. The average Bonchev–Trinajstić information content (AvgIpc) is 3.17. The summed E-state index contributed by atoms with van der Waals surface area (Å²) in [5.74, 6) is -0.397. The number of benzene rings is 1. The van der Waals surface area contributed by atoms with Gasteiger partial charge in [-0.15, -0.1) is 0 Å². The van der Waals surface area contributed by atoms with Gasteiger partial charge in [0.25, 0.3) is 0 Å². The summed E-state index contributed by atoms with van der Waals surface area (Å²) >= 11 is 0. The van der Waals surface area contributed by atoms with Gasteiger partial charge in [0.15, 0.2) is 0 Å². The van der Waals surface area contributed by atoms with Gasteiger partial charge in [-0.3, -0.25) is 0 Å². The molecule has 3 N–H and O–H groups in total. The van der Waals surface area contributed by atoms with Crippen molar-refractivity contribution in [3.8, 4) is 0 Å². The maximum absolute atomic E-state index is 11.9. The molecule has 5 heteroatoms. The second kappa shape index (κ2) is 5.76. The molecule has 0 unspecified atom stereocenters. The van der Waals surface area contributed by atoms with Crippen molar-refractivity contribution in [2.75, 3.05) is 11.9 Å². The van der Waals surface area contributed by atoms with E-state index in [-0.39, 0.29) is 17.0 Å². The SMILES string of the molecule is Cc1cc(NC(=O)NCC2(C(C)C)CC2)ccc1C(=O)O. The molecule has 2 amide bonds. The number of nitrogens with one attached hydrogen (secondary N) is 2. The Morgan fingerprint density at radius 3 is 2.48 bits per heavy atom.